The van der Waals surface area contributed by atoms with Crippen LogP contribution in [0.3, 0.4) is 0 Å². The molecule has 0 bridgehead atoms. The number of esters is 1. The van der Waals surface area contributed by atoms with Gasteiger partial charge >= 0.3 is 11.9 Å². The normalized spacial score (nSPS) is 12.3. The minimum absolute atomic E-state index is 0. The maximum atomic E-state index is 12.0. The number of hydrogen-bond acceptors (Lipinski definition) is 3. The number of ether oxygens (including phenoxy) is 1. The lowest BCUT2D eigenvalue weighted by Gasteiger charge is -2.28. The lowest BCUT2D eigenvalue weighted by molar-refractivity contribution is -0.873. The number of aliphatic carboxylic acids is 1. The molecule has 0 fully saturated rings. The van der Waals surface area contributed by atoms with Crippen LogP contribution in [0.1, 0.15) is 96.8 Å². The summed E-state index contributed by atoms with van der Waals surface area (Å²) >= 11 is 0. The number of quaternary nitrogens is 1. The lowest BCUT2D eigenvalue weighted by atomic mass is 10.0. The van der Waals surface area contributed by atoms with Crippen LogP contribution in [0, 0.1) is 0 Å². The van der Waals surface area contributed by atoms with Gasteiger partial charge in [-0.15, -0.1) is 0 Å². The molecule has 0 radical (unpaired) electrons. The minimum Gasteiger partial charge on any atom is -1.00 e. The molecule has 0 amide bonds. The predicted octanol–water partition coefficient (Wildman–Crippen LogP) is 2.17. The first-order valence-corrected chi connectivity index (χ1v) is 11.0. The first-order valence-electron chi connectivity index (χ1n) is 11.0. The van der Waals surface area contributed by atoms with Gasteiger partial charge in [0.05, 0.1) is 27.6 Å². The third-order valence-electron chi connectivity index (χ3n) is 4.69. The first-order chi connectivity index (χ1) is 12.7. The van der Waals surface area contributed by atoms with Crippen LogP contribution in [0.4, 0.5) is 0 Å². The number of carbonyl (C=O) groups excluding carboxylic acids is 1. The van der Waals surface area contributed by atoms with Gasteiger partial charge in [-0.3, -0.25) is 9.59 Å². The van der Waals surface area contributed by atoms with Crippen molar-refractivity contribution in [3.63, 3.8) is 0 Å². The molecule has 0 aliphatic rings. The standard InChI is InChI=1S/C22H43NO4.ClH/c1-5-6-7-8-9-10-11-12-13-14-15-16-17-22(26)27-20(18-21(24)25)19-23(2,3)4;/h20H,5-19H2,1-4H3;1H/t20-;/m0./s1. The zero-order chi connectivity index (χ0) is 20.5. The highest BCUT2D eigenvalue weighted by Gasteiger charge is 2.24. The number of nitrogens with zero attached hydrogens (tertiary/aromatic N) is 1. The van der Waals surface area contributed by atoms with Gasteiger partial charge in [0.25, 0.3) is 0 Å². The van der Waals surface area contributed by atoms with E-state index < -0.39 is 12.1 Å². The molecular formula is C22H44ClNO4. The number of carboxylic acids is 1. The molecule has 168 valence electrons. The van der Waals surface area contributed by atoms with E-state index in [1.165, 1.54) is 64.2 Å². The third-order valence-corrected chi connectivity index (χ3v) is 4.69. The first kappa shape index (κ1) is 29.4. The number of halogens is 1. The highest BCUT2D eigenvalue weighted by Crippen LogP contribution is 2.13. The van der Waals surface area contributed by atoms with E-state index in [9.17, 15) is 9.59 Å². The summed E-state index contributed by atoms with van der Waals surface area (Å²) < 4.78 is 5.98. The van der Waals surface area contributed by atoms with Crippen LogP contribution in [0.2, 0.25) is 0 Å². The van der Waals surface area contributed by atoms with Crippen LogP contribution in [0.5, 0.6) is 0 Å². The molecular weight excluding hydrogens is 378 g/mol. The number of likely N-dealkylation sites (N-methyl/N-ethyl adjacent to an activating group) is 1. The van der Waals surface area contributed by atoms with Gasteiger partial charge in [-0.2, -0.15) is 0 Å². The topological polar surface area (TPSA) is 63.6 Å². The Bertz CT molecular complexity index is 396. The summed E-state index contributed by atoms with van der Waals surface area (Å²) in [5.41, 5.74) is 0. The summed E-state index contributed by atoms with van der Waals surface area (Å²) in [7, 11) is 5.90. The molecule has 0 aliphatic heterocycles. The molecule has 0 aromatic heterocycles. The lowest BCUT2D eigenvalue weighted by Crippen LogP contribution is -3.00. The summed E-state index contributed by atoms with van der Waals surface area (Å²) in [5.74, 6) is -1.19. The Morgan fingerprint density at radius 1 is 0.821 bits per heavy atom. The molecule has 0 aromatic carbocycles. The van der Waals surface area contributed by atoms with Crippen LogP contribution < -0.4 is 12.4 Å². The molecule has 0 heterocycles. The van der Waals surface area contributed by atoms with Crippen molar-refractivity contribution in [2.45, 2.75) is 103 Å². The fourth-order valence-corrected chi connectivity index (χ4v) is 3.30. The quantitative estimate of drug-likeness (QED) is 0.209. The van der Waals surface area contributed by atoms with Gasteiger partial charge in [0.1, 0.15) is 6.54 Å². The summed E-state index contributed by atoms with van der Waals surface area (Å²) in [5, 5.41) is 8.98. The van der Waals surface area contributed by atoms with Crippen molar-refractivity contribution in [2.75, 3.05) is 27.7 Å². The Kier molecular flexibility index (Phi) is 19.1. The van der Waals surface area contributed by atoms with E-state index >= 15 is 0 Å². The van der Waals surface area contributed by atoms with E-state index in [4.69, 9.17) is 9.84 Å². The van der Waals surface area contributed by atoms with Crippen LogP contribution >= 0.6 is 0 Å². The molecule has 0 saturated carbocycles. The zero-order valence-electron chi connectivity index (χ0n) is 18.7. The van der Waals surface area contributed by atoms with E-state index in [-0.39, 0.29) is 24.8 Å². The second kappa shape index (κ2) is 18.2. The van der Waals surface area contributed by atoms with Crippen molar-refractivity contribution in [1.29, 1.82) is 0 Å². The van der Waals surface area contributed by atoms with Crippen molar-refractivity contribution < 1.29 is 36.3 Å². The van der Waals surface area contributed by atoms with Gasteiger partial charge in [-0.1, -0.05) is 77.6 Å². The molecule has 5 nitrogen and oxygen atoms in total. The summed E-state index contributed by atoms with van der Waals surface area (Å²) in [6.07, 6.45) is 14.8. The zero-order valence-corrected chi connectivity index (χ0v) is 19.4. The van der Waals surface area contributed by atoms with Gasteiger partial charge in [-0.05, 0) is 6.42 Å². The maximum Gasteiger partial charge on any atom is 0.307 e. The van der Waals surface area contributed by atoms with E-state index in [1.54, 1.807) is 0 Å². The predicted molar refractivity (Wildman–Crippen MR) is 111 cm³/mol. The second-order valence-corrected chi connectivity index (χ2v) is 8.82. The van der Waals surface area contributed by atoms with Crippen LogP contribution in [0.25, 0.3) is 0 Å². The van der Waals surface area contributed by atoms with E-state index in [1.807, 2.05) is 21.1 Å². The van der Waals surface area contributed by atoms with Gasteiger partial charge in [0.2, 0.25) is 0 Å². The van der Waals surface area contributed by atoms with Crippen molar-refractivity contribution >= 4 is 11.9 Å². The van der Waals surface area contributed by atoms with Crippen molar-refractivity contribution in [3.8, 4) is 0 Å². The summed E-state index contributed by atoms with van der Waals surface area (Å²) in [4.78, 5) is 22.9. The molecule has 0 unspecified atom stereocenters. The Labute approximate surface area is 179 Å². The molecule has 0 aliphatic carbocycles. The SMILES string of the molecule is CCCCCCCCCCCCCCC(=O)O[C@@H](CC(=O)O)C[N+](C)(C)C.[Cl-]. The fourth-order valence-electron chi connectivity index (χ4n) is 3.30. The van der Waals surface area contributed by atoms with Crippen molar-refractivity contribution in [1.82, 2.24) is 0 Å². The smallest absolute Gasteiger partial charge is 0.307 e. The highest BCUT2D eigenvalue weighted by molar-refractivity contribution is 5.71. The third kappa shape index (κ3) is 21.5. The maximum absolute atomic E-state index is 12.0. The Hall–Kier alpha value is -0.810. The monoisotopic (exact) mass is 421 g/mol. The number of carbonyl (C=O) groups is 2. The molecule has 1 atom stereocenters. The van der Waals surface area contributed by atoms with Gasteiger partial charge in [0.15, 0.2) is 6.10 Å². The molecule has 0 aromatic rings. The fraction of sp³-hybridized carbons (Fsp3) is 0.909. The van der Waals surface area contributed by atoms with E-state index in [0.717, 1.165) is 12.8 Å². The van der Waals surface area contributed by atoms with Gasteiger partial charge in [0, 0.05) is 6.42 Å². The minimum atomic E-state index is -0.924. The number of hydrogen-bond donors (Lipinski definition) is 1. The van der Waals surface area contributed by atoms with Crippen LogP contribution in [0.15, 0.2) is 0 Å². The highest BCUT2D eigenvalue weighted by atomic mass is 35.5. The Balaban J connectivity index is 0. The van der Waals surface area contributed by atoms with Crippen molar-refractivity contribution in [3.05, 3.63) is 0 Å². The number of carboxylic acid groups (broad SMARTS) is 1. The number of unbranched alkanes of at least 4 members (excludes halogenated alkanes) is 11. The van der Waals surface area contributed by atoms with Gasteiger partial charge in [-0.25, -0.2) is 0 Å². The number of rotatable bonds is 18. The Morgan fingerprint density at radius 3 is 1.64 bits per heavy atom. The second-order valence-electron chi connectivity index (χ2n) is 8.82. The molecule has 0 spiro atoms. The average molecular weight is 422 g/mol. The Morgan fingerprint density at radius 2 is 1.25 bits per heavy atom. The van der Waals surface area contributed by atoms with Crippen molar-refractivity contribution in [2.24, 2.45) is 0 Å². The van der Waals surface area contributed by atoms with Gasteiger partial charge < -0.3 is 26.7 Å². The molecule has 1 N–H and O–H groups in total. The molecule has 6 heteroatoms. The average Bonchev–Trinajstić information content (AvgIpc) is 2.53. The van der Waals surface area contributed by atoms with E-state index in [2.05, 4.69) is 6.92 Å². The summed E-state index contributed by atoms with van der Waals surface area (Å²) in [6, 6.07) is 0. The van der Waals surface area contributed by atoms with Crippen LogP contribution in [-0.4, -0.2) is 55.3 Å². The molecule has 0 saturated heterocycles. The summed E-state index contributed by atoms with van der Waals surface area (Å²) in [6.45, 7) is 2.76. The molecule has 0 rings (SSSR count). The molecule has 28 heavy (non-hydrogen) atoms. The largest absolute Gasteiger partial charge is 1.00 e. The van der Waals surface area contributed by atoms with E-state index in [0.29, 0.717) is 17.4 Å². The van der Waals surface area contributed by atoms with Crippen LogP contribution in [-0.2, 0) is 14.3 Å².